The number of hydrogen-bond donors (Lipinski definition) is 2. The molecule has 3 heterocycles. The predicted molar refractivity (Wildman–Crippen MR) is 110 cm³/mol. The van der Waals surface area contributed by atoms with E-state index in [9.17, 15) is 14.0 Å². The minimum absolute atomic E-state index is 0.0313. The van der Waals surface area contributed by atoms with Crippen LogP contribution in [-0.4, -0.2) is 33.7 Å². The van der Waals surface area contributed by atoms with Gasteiger partial charge in [-0.1, -0.05) is 12.1 Å². The van der Waals surface area contributed by atoms with Gasteiger partial charge in [0.05, 0.1) is 11.6 Å². The fourth-order valence-corrected chi connectivity index (χ4v) is 3.54. The Kier molecular flexibility index (Phi) is 4.88. The summed E-state index contributed by atoms with van der Waals surface area (Å²) in [4.78, 5) is 32.9. The molecule has 0 fully saturated rings. The van der Waals surface area contributed by atoms with Crippen molar-refractivity contribution in [1.82, 2.24) is 14.9 Å². The molecule has 1 unspecified atom stereocenters. The Morgan fingerprint density at radius 2 is 2.17 bits per heavy atom. The molecule has 4 rings (SSSR count). The molecule has 29 heavy (non-hydrogen) atoms. The van der Waals surface area contributed by atoms with Crippen LogP contribution < -0.4 is 5.32 Å². The number of carbonyl (C=O) groups is 2. The van der Waals surface area contributed by atoms with Crippen LogP contribution in [0.15, 0.2) is 42.7 Å². The first-order valence-electron chi connectivity index (χ1n) is 9.43. The Labute approximate surface area is 167 Å². The summed E-state index contributed by atoms with van der Waals surface area (Å²) in [5.74, 6) is 0.0680. The molecule has 1 aliphatic heterocycles. The number of anilines is 1. The van der Waals surface area contributed by atoms with Crippen LogP contribution in [-0.2, 0) is 16.0 Å². The van der Waals surface area contributed by atoms with Crippen LogP contribution in [0.2, 0.25) is 0 Å². The molecule has 2 aromatic heterocycles. The largest absolute Gasteiger partial charge is 0.358 e. The SMILES string of the molecule is CC(c1c[nH]c2c(F)cccc12)N(C)C(=O)C=Cc1cnc2c(c1)CCC(=O)N2. The Morgan fingerprint density at radius 1 is 1.34 bits per heavy atom. The highest BCUT2D eigenvalue weighted by molar-refractivity contribution is 5.94. The number of H-pyrrole nitrogens is 1. The summed E-state index contributed by atoms with van der Waals surface area (Å²) in [6, 6.07) is 6.60. The number of aryl methyl sites for hydroxylation is 1. The third-order valence-corrected chi connectivity index (χ3v) is 5.36. The number of fused-ring (bicyclic) bond motifs is 2. The zero-order valence-electron chi connectivity index (χ0n) is 16.2. The number of hydrogen-bond acceptors (Lipinski definition) is 3. The maximum absolute atomic E-state index is 13.9. The van der Waals surface area contributed by atoms with Crippen LogP contribution in [0.3, 0.4) is 0 Å². The number of carbonyl (C=O) groups excluding carboxylic acids is 2. The van der Waals surface area contributed by atoms with E-state index < -0.39 is 0 Å². The van der Waals surface area contributed by atoms with Gasteiger partial charge in [0.25, 0.3) is 0 Å². The second-order valence-electron chi connectivity index (χ2n) is 7.19. The van der Waals surface area contributed by atoms with E-state index in [1.807, 2.05) is 19.1 Å². The molecule has 0 aliphatic carbocycles. The first-order chi connectivity index (χ1) is 13.9. The third kappa shape index (κ3) is 3.63. The fourth-order valence-electron chi connectivity index (χ4n) is 3.54. The molecule has 0 saturated heterocycles. The Balaban J connectivity index is 1.50. The number of pyridine rings is 1. The first-order valence-corrected chi connectivity index (χ1v) is 9.43. The van der Waals surface area contributed by atoms with E-state index in [2.05, 4.69) is 15.3 Å². The van der Waals surface area contributed by atoms with Gasteiger partial charge in [-0.25, -0.2) is 9.37 Å². The molecule has 0 saturated carbocycles. The van der Waals surface area contributed by atoms with Crippen molar-refractivity contribution in [3.8, 4) is 0 Å². The molecule has 2 N–H and O–H groups in total. The van der Waals surface area contributed by atoms with E-state index in [0.29, 0.717) is 24.2 Å². The average molecular weight is 392 g/mol. The van der Waals surface area contributed by atoms with Crippen LogP contribution in [0.1, 0.15) is 36.1 Å². The van der Waals surface area contributed by atoms with Crippen LogP contribution in [0.25, 0.3) is 17.0 Å². The normalized spacial score (nSPS) is 14.7. The average Bonchev–Trinajstić information content (AvgIpc) is 3.16. The minimum Gasteiger partial charge on any atom is -0.358 e. The molecule has 0 radical (unpaired) electrons. The summed E-state index contributed by atoms with van der Waals surface area (Å²) in [6.07, 6.45) is 7.65. The van der Waals surface area contributed by atoms with E-state index in [1.54, 1.807) is 36.5 Å². The maximum atomic E-state index is 13.9. The number of halogens is 1. The predicted octanol–water partition coefficient (Wildman–Crippen LogP) is 3.82. The summed E-state index contributed by atoms with van der Waals surface area (Å²) in [6.45, 7) is 1.91. The van der Waals surface area contributed by atoms with E-state index in [4.69, 9.17) is 0 Å². The topological polar surface area (TPSA) is 78.1 Å². The lowest BCUT2D eigenvalue weighted by Crippen LogP contribution is -2.27. The smallest absolute Gasteiger partial charge is 0.246 e. The van der Waals surface area contributed by atoms with Gasteiger partial charge in [-0.15, -0.1) is 0 Å². The van der Waals surface area contributed by atoms with E-state index in [0.717, 1.165) is 22.1 Å². The van der Waals surface area contributed by atoms with E-state index >= 15 is 0 Å². The number of nitrogens with one attached hydrogen (secondary N) is 2. The highest BCUT2D eigenvalue weighted by atomic mass is 19.1. The van der Waals surface area contributed by atoms with Crippen molar-refractivity contribution in [2.75, 3.05) is 12.4 Å². The maximum Gasteiger partial charge on any atom is 0.246 e. The molecule has 0 bridgehead atoms. The van der Waals surface area contributed by atoms with Gasteiger partial charge in [0.15, 0.2) is 0 Å². The zero-order valence-corrected chi connectivity index (χ0v) is 16.2. The van der Waals surface area contributed by atoms with Gasteiger partial charge in [-0.05, 0) is 48.2 Å². The van der Waals surface area contributed by atoms with Crippen molar-refractivity contribution in [3.05, 3.63) is 65.2 Å². The molecular formula is C22H21FN4O2. The molecule has 7 heteroatoms. The number of likely N-dealkylation sites (N-methyl/N-ethyl adjacent to an activating group) is 1. The fraction of sp³-hybridized carbons (Fsp3) is 0.227. The van der Waals surface area contributed by atoms with Gasteiger partial charge in [0.1, 0.15) is 11.6 Å². The quantitative estimate of drug-likeness (QED) is 0.663. The Hall–Kier alpha value is -3.48. The summed E-state index contributed by atoms with van der Waals surface area (Å²) < 4.78 is 13.9. The lowest BCUT2D eigenvalue weighted by molar-refractivity contribution is -0.126. The molecule has 1 atom stereocenters. The Bertz CT molecular complexity index is 1140. The lowest BCUT2D eigenvalue weighted by atomic mass is 10.0. The van der Waals surface area contributed by atoms with Crippen molar-refractivity contribution in [2.24, 2.45) is 0 Å². The molecule has 0 spiro atoms. The molecule has 3 aromatic rings. The molecule has 148 valence electrons. The van der Waals surface area contributed by atoms with Crippen molar-refractivity contribution in [1.29, 1.82) is 0 Å². The van der Waals surface area contributed by atoms with Crippen LogP contribution >= 0.6 is 0 Å². The number of aromatic nitrogens is 2. The molecule has 1 aliphatic rings. The lowest BCUT2D eigenvalue weighted by Gasteiger charge is -2.23. The van der Waals surface area contributed by atoms with Crippen LogP contribution in [0.4, 0.5) is 10.2 Å². The third-order valence-electron chi connectivity index (χ3n) is 5.36. The number of nitrogens with zero attached hydrogens (tertiary/aromatic N) is 2. The number of benzene rings is 1. The summed E-state index contributed by atoms with van der Waals surface area (Å²) in [5, 5.41) is 3.51. The van der Waals surface area contributed by atoms with Gasteiger partial charge in [0, 0.05) is 37.3 Å². The second-order valence-corrected chi connectivity index (χ2v) is 7.19. The monoisotopic (exact) mass is 392 g/mol. The van der Waals surface area contributed by atoms with Crippen molar-refractivity contribution in [2.45, 2.75) is 25.8 Å². The van der Waals surface area contributed by atoms with Crippen LogP contribution in [0, 0.1) is 5.82 Å². The summed E-state index contributed by atoms with van der Waals surface area (Å²) in [5.41, 5.74) is 3.05. The van der Waals surface area contributed by atoms with Gasteiger partial charge in [0.2, 0.25) is 11.8 Å². The summed E-state index contributed by atoms with van der Waals surface area (Å²) in [7, 11) is 1.72. The van der Waals surface area contributed by atoms with E-state index in [1.165, 1.54) is 12.1 Å². The van der Waals surface area contributed by atoms with Crippen LogP contribution in [0.5, 0.6) is 0 Å². The number of para-hydroxylation sites is 1. The number of aromatic amines is 1. The van der Waals surface area contributed by atoms with E-state index in [-0.39, 0.29) is 23.7 Å². The molecule has 2 amide bonds. The minimum atomic E-state index is -0.314. The highest BCUT2D eigenvalue weighted by Crippen LogP contribution is 2.29. The number of amides is 2. The molecular weight excluding hydrogens is 371 g/mol. The van der Waals surface area contributed by atoms with Crippen molar-refractivity contribution < 1.29 is 14.0 Å². The number of rotatable bonds is 4. The second kappa shape index (κ2) is 7.50. The first kappa shape index (κ1) is 18.9. The van der Waals surface area contributed by atoms with Crippen molar-refractivity contribution >= 4 is 34.6 Å². The standard InChI is InChI=1S/C22H21FN4O2/c1-13(17-12-24-21-16(17)4-3-5-18(21)23)27(2)20(29)9-6-14-10-15-7-8-19(28)26-22(15)25-11-14/h3-6,9-13,24H,7-8H2,1-2H3,(H,25,26,28). The van der Waals surface area contributed by atoms with Gasteiger partial charge < -0.3 is 15.2 Å². The summed E-state index contributed by atoms with van der Waals surface area (Å²) >= 11 is 0. The zero-order chi connectivity index (χ0) is 20.5. The Morgan fingerprint density at radius 3 is 3.00 bits per heavy atom. The highest BCUT2D eigenvalue weighted by Gasteiger charge is 2.20. The van der Waals surface area contributed by atoms with Gasteiger partial charge in [-0.3, -0.25) is 9.59 Å². The molecule has 6 nitrogen and oxygen atoms in total. The van der Waals surface area contributed by atoms with Gasteiger partial charge in [-0.2, -0.15) is 0 Å². The van der Waals surface area contributed by atoms with Gasteiger partial charge >= 0.3 is 0 Å². The molecule has 1 aromatic carbocycles. The van der Waals surface area contributed by atoms with Crippen molar-refractivity contribution in [3.63, 3.8) is 0 Å².